The van der Waals surface area contributed by atoms with Gasteiger partial charge < -0.3 is 14.2 Å². The summed E-state index contributed by atoms with van der Waals surface area (Å²) in [5.74, 6) is -0.275. The molecule has 1 heterocycles. The molecule has 1 N–H and O–H groups in total. The lowest BCUT2D eigenvalue weighted by Crippen LogP contribution is -2.60. The SMILES string of the molecule is O=C(OCC(F)(F)S(=O)(=O)O)C12CC3CC(CC(OCC4CO4)(C3)C1)C2. The molecule has 26 heavy (non-hydrogen) atoms. The van der Waals surface area contributed by atoms with Crippen molar-refractivity contribution in [2.24, 2.45) is 17.3 Å². The van der Waals surface area contributed by atoms with E-state index in [1.165, 1.54) is 0 Å². The molecule has 5 fully saturated rings. The Balaban J connectivity index is 1.47. The molecule has 0 aromatic rings. The molecule has 0 amide bonds. The van der Waals surface area contributed by atoms with Crippen molar-refractivity contribution >= 4 is 16.1 Å². The molecule has 4 aliphatic carbocycles. The number of ether oxygens (including phenoxy) is 3. The molecule has 4 bridgehead atoms. The summed E-state index contributed by atoms with van der Waals surface area (Å²) < 4.78 is 72.8. The number of hydrogen-bond donors (Lipinski definition) is 1. The van der Waals surface area contributed by atoms with Crippen LogP contribution in [0, 0.1) is 17.3 Å². The van der Waals surface area contributed by atoms with E-state index >= 15 is 0 Å². The van der Waals surface area contributed by atoms with Crippen LogP contribution in [-0.4, -0.2) is 55.7 Å². The minimum atomic E-state index is -5.63. The van der Waals surface area contributed by atoms with Crippen molar-refractivity contribution < 1.29 is 40.8 Å². The summed E-state index contributed by atoms with van der Waals surface area (Å²) in [6.07, 6.45) is 4.26. The number of rotatable bonds is 7. The molecule has 3 unspecified atom stereocenters. The number of epoxide rings is 1. The van der Waals surface area contributed by atoms with Crippen LogP contribution in [0.2, 0.25) is 0 Å². The third kappa shape index (κ3) is 3.25. The fourth-order valence-corrected chi connectivity index (χ4v) is 5.61. The molecule has 4 saturated carbocycles. The first-order chi connectivity index (χ1) is 12.0. The van der Waals surface area contributed by atoms with E-state index in [0.29, 0.717) is 32.5 Å². The molecule has 0 spiro atoms. The van der Waals surface area contributed by atoms with Crippen molar-refractivity contribution in [2.75, 3.05) is 19.8 Å². The van der Waals surface area contributed by atoms with E-state index in [1.807, 2.05) is 0 Å². The predicted molar refractivity (Wildman–Crippen MR) is 83.0 cm³/mol. The maximum Gasteiger partial charge on any atom is 0.402 e. The van der Waals surface area contributed by atoms with Gasteiger partial charge >= 0.3 is 21.3 Å². The third-order valence-corrected chi connectivity index (χ3v) is 7.04. The number of hydrogen-bond acceptors (Lipinski definition) is 6. The van der Waals surface area contributed by atoms with Crippen LogP contribution in [-0.2, 0) is 29.1 Å². The van der Waals surface area contributed by atoms with Gasteiger partial charge in [-0.25, -0.2) is 0 Å². The number of carbonyl (C=O) groups excluding carboxylic acids is 1. The molecule has 0 radical (unpaired) electrons. The fourth-order valence-electron chi connectivity index (χ4n) is 5.40. The molecule has 1 saturated heterocycles. The van der Waals surface area contributed by atoms with Crippen molar-refractivity contribution in [3.8, 4) is 0 Å². The molecule has 0 aromatic carbocycles. The summed E-state index contributed by atoms with van der Waals surface area (Å²) in [5.41, 5.74) is -1.37. The van der Waals surface area contributed by atoms with Gasteiger partial charge in [0, 0.05) is 0 Å². The first-order valence-electron chi connectivity index (χ1n) is 8.80. The largest absolute Gasteiger partial charge is 0.458 e. The average molecular weight is 396 g/mol. The first-order valence-corrected chi connectivity index (χ1v) is 10.2. The Bertz CT molecular complexity index is 689. The van der Waals surface area contributed by atoms with Crippen LogP contribution in [0.15, 0.2) is 0 Å². The summed E-state index contributed by atoms with van der Waals surface area (Å²) in [7, 11) is -5.63. The monoisotopic (exact) mass is 396 g/mol. The number of halogens is 2. The molecule has 5 aliphatic rings. The molecular weight excluding hydrogens is 374 g/mol. The molecule has 0 aromatic heterocycles. The second-order valence-electron chi connectivity index (χ2n) is 8.38. The minimum absolute atomic E-state index is 0.0966. The Morgan fingerprint density at radius 3 is 2.38 bits per heavy atom. The van der Waals surface area contributed by atoms with E-state index in [0.717, 1.165) is 19.3 Å². The summed E-state index contributed by atoms with van der Waals surface area (Å²) >= 11 is 0. The van der Waals surface area contributed by atoms with E-state index in [4.69, 9.17) is 18.8 Å². The summed E-state index contributed by atoms with van der Waals surface area (Å²) in [6.45, 7) is -0.544. The van der Waals surface area contributed by atoms with Gasteiger partial charge in [-0.3, -0.25) is 9.35 Å². The lowest BCUT2D eigenvalue weighted by Gasteiger charge is -2.60. The lowest BCUT2D eigenvalue weighted by atomic mass is 9.48. The first kappa shape index (κ1) is 18.5. The van der Waals surface area contributed by atoms with Crippen LogP contribution < -0.4 is 0 Å². The molecule has 5 rings (SSSR count). The second kappa shape index (κ2) is 5.83. The summed E-state index contributed by atoms with van der Waals surface area (Å²) in [4.78, 5) is 12.7. The lowest BCUT2D eigenvalue weighted by molar-refractivity contribution is -0.213. The number of carbonyl (C=O) groups is 1. The van der Waals surface area contributed by atoms with Crippen molar-refractivity contribution in [2.45, 2.75) is 55.5 Å². The summed E-state index contributed by atoms with van der Waals surface area (Å²) in [6, 6.07) is 0. The Labute approximate surface area is 150 Å². The molecule has 10 heteroatoms. The van der Waals surface area contributed by atoms with Gasteiger partial charge in [0.1, 0.15) is 6.10 Å². The highest BCUT2D eigenvalue weighted by molar-refractivity contribution is 7.86. The normalized spacial score (nSPS) is 41.3. The minimum Gasteiger partial charge on any atom is -0.458 e. The van der Waals surface area contributed by atoms with Gasteiger partial charge in [0.15, 0.2) is 6.61 Å². The quantitative estimate of drug-likeness (QED) is 0.397. The predicted octanol–water partition coefficient (Wildman–Crippen LogP) is 1.76. The van der Waals surface area contributed by atoms with Gasteiger partial charge in [0.2, 0.25) is 0 Å². The van der Waals surface area contributed by atoms with Gasteiger partial charge in [0.05, 0.1) is 24.2 Å². The smallest absolute Gasteiger partial charge is 0.402 e. The Kier molecular flexibility index (Phi) is 4.15. The van der Waals surface area contributed by atoms with E-state index in [-0.39, 0.29) is 17.9 Å². The van der Waals surface area contributed by atoms with Crippen LogP contribution >= 0.6 is 0 Å². The van der Waals surface area contributed by atoms with Crippen molar-refractivity contribution in [3.05, 3.63) is 0 Å². The molecule has 1 aliphatic heterocycles. The van der Waals surface area contributed by atoms with E-state index in [9.17, 15) is 22.0 Å². The van der Waals surface area contributed by atoms with Gasteiger partial charge in [0.25, 0.3) is 0 Å². The second-order valence-corrected chi connectivity index (χ2v) is 9.93. The van der Waals surface area contributed by atoms with Gasteiger partial charge in [-0.2, -0.15) is 17.2 Å². The Hall–Kier alpha value is -0.840. The summed E-state index contributed by atoms with van der Waals surface area (Å²) in [5, 5.41) is -4.51. The zero-order valence-corrected chi connectivity index (χ0v) is 15.0. The third-order valence-electron chi connectivity index (χ3n) is 6.17. The average Bonchev–Trinajstić information content (AvgIpc) is 3.32. The van der Waals surface area contributed by atoms with Crippen LogP contribution in [0.4, 0.5) is 8.78 Å². The van der Waals surface area contributed by atoms with E-state index in [2.05, 4.69) is 0 Å². The van der Waals surface area contributed by atoms with E-state index in [1.54, 1.807) is 0 Å². The van der Waals surface area contributed by atoms with Gasteiger partial charge in [-0.15, -0.1) is 0 Å². The van der Waals surface area contributed by atoms with Crippen LogP contribution in [0.1, 0.15) is 38.5 Å². The van der Waals surface area contributed by atoms with Crippen LogP contribution in [0.5, 0.6) is 0 Å². The molecular formula is C16H22F2O7S. The zero-order valence-electron chi connectivity index (χ0n) is 14.2. The standard InChI is InChI=1S/C16H22F2O7S/c17-16(18,26(20,21)22)9-24-13(19)14-2-10-1-11(3-14)5-15(4-10,8-14)25-7-12-6-23-12/h10-12H,1-9H2,(H,20,21,22). The van der Waals surface area contributed by atoms with Crippen LogP contribution in [0.3, 0.4) is 0 Å². The highest BCUT2D eigenvalue weighted by atomic mass is 32.2. The van der Waals surface area contributed by atoms with Gasteiger partial charge in [-0.05, 0) is 50.4 Å². The topological polar surface area (TPSA) is 102 Å². The maximum atomic E-state index is 13.4. The van der Waals surface area contributed by atoms with Crippen LogP contribution in [0.25, 0.3) is 0 Å². The number of alkyl halides is 2. The molecule has 3 atom stereocenters. The van der Waals surface area contributed by atoms with Crippen molar-refractivity contribution in [3.63, 3.8) is 0 Å². The van der Waals surface area contributed by atoms with Crippen molar-refractivity contribution in [1.82, 2.24) is 0 Å². The maximum absolute atomic E-state index is 13.4. The van der Waals surface area contributed by atoms with Gasteiger partial charge in [-0.1, -0.05) is 0 Å². The Morgan fingerprint density at radius 1 is 1.23 bits per heavy atom. The highest BCUT2D eigenvalue weighted by Crippen LogP contribution is 2.63. The highest BCUT2D eigenvalue weighted by Gasteiger charge is 2.62. The zero-order chi connectivity index (χ0) is 18.8. The Morgan fingerprint density at radius 2 is 1.85 bits per heavy atom. The van der Waals surface area contributed by atoms with Crippen molar-refractivity contribution in [1.29, 1.82) is 0 Å². The molecule has 148 valence electrons. The number of esters is 1. The molecule has 7 nitrogen and oxygen atoms in total. The van der Waals surface area contributed by atoms with E-state index < -0.39 is 39.0 Å². The fraction of sp³-hybridized carbons (Fsp3) is 0.938.